The Labute approximate surface area is 164 Å². The molecule has 0 bridgehead atoms. The molecule has 0 fully saturated rings. The summed E-state index contributed by atoms with van der Waals surface area (Å²) in [5.74, 6) is 0.741. The number of benzene rings is 3. The van der Waals surface area contributed by atoms with Gasteiger partial charge < -0.3 is 15.2 Å². The number of carbonyl (C=O) groups is 1. The summed E-state index contributed by atoms with van der Waals surface area (Å²) in [5, 5.41) is 0. The summed E-state index contributed by atoms with van der Waals surface area (Å²) in [6.07, 6.45) is 0. The van der Waals surface area contributed by atoms with Crippen molar-refractivity contribution in [3.8, 4) is 11.5 Å². The highest BCUT2D eigenvalue weighted by atomic mass is 16.5. The number of nitrogens with two attached hydrogens (primary N) is 1. The fraction of sp³-hybridized carbons (Fsp3) is 0.208. The predicted octanol–water partition coefficient (Wildman–Crippen LogP) is 4.08. The molecule has 4 heteroatoms. The number of fused-ring (bicyclic) bond motifs is 1. The molecule has 0 spiro atoms. The highest BCUT2D eigenvalue weighted by Gasteiger charge is 2.45. The standard InChI is InChI=1S/C24H23NO3/c1-27-17-11-7-15(8-12-17)21-19-5-3-4-6-20(19)22(23(21)24(25)26)16-9-13-18(28-2)14-10-16/h3-14,21-23H,1-2H3,(H2,25,26)/t21-,22-/m0/s1. The van der Waals surface area contributed by atoms with Gasteiger partial charge in [-0.1, -0.05) is 48.5 Å². The van der Waals surface area contributed by atoms with Crippen molar-refractivity contribution in [2.24, 2.45) is 11.7 Å². The molecule has 3 aromatic rings. The van der Waals surface area contributed by atoms with Crippen LogP contribution in [0.4, 0.5) is 0 Å². The van der Waals surface area contributed by atoms with Crippen LogP contribution in [0.2, 0.25) is 0 Å². The van der Waals surface area contributed by atoms with Crippen molar-refractivity contribution in [1.29, 1.82) is 0 Å². The van der Waals surface area contributed by atoms with Gasteiger partial charge in [0.25, 0.3) is 0 Å². The molecule has 1 amide bonds. The Balaban J connectivity index is 1.85. The molecule has 0 heterocycles. The van der Waals surface area contributed by atoms with Crippen LogP contribution in [0, 0.1) is 5.92 Å². The van der Waals surface area contributed by atoms with Gasteiger partial charge in [0, 0.05) is 11.8 Å². The lowest BCUT2D eigenvalue weighted by molar-refractivity contribution is -0.122. The van der Waals surface area contributed by atoms with Crippen LogP contribution in [-0.2, 0) is 4.79 Å². The van der Waals surface area contributed by atoms with Gasteiger partial charge in [0.2, 0.25) is 5.91 Å². The van der Waals surface area contributed by atoms with Crippen LogP contribution >= 0.6 is 0 Å². The van der Waals surface area contributed by atoms with Crippen LogP contribution in [0.1, 0.15) is 34.1 Å². The molecule has 0 unspecified atom stereocenters. The van der Waals surface area contributed by atoms with E-state index in [1.807, 2.05) is 60.7 Å². The van der Waals surface area contributed by atoms with Crippen molar-refractivity contribution in [2.75, 3.05) is 14.2 Å². The number of methoxy groups -OCH3 is 2. The first-order valence-corrected chi connectivity index (χ1v) is 9.30. The van der Waals surface area contributed by atoms with Crippen LogP contribution in [0.15, 0.2) is 72.8 Å². The lowest BCUT2D eigenvalue weighted by atomic mass is 9.79. The van der Waals surface area contributed by atoms with Crippen molar-refractivity contribution in [1.82, 2.24) is 0 Å². The maximum Gasteiger partial charge on any atom is 0.222 e. The molecule has 0 aromatic heterocycles. The first-order valence-electron chi connectivity index (χ1n) is 9.30. The lowest BCUT2D eigenvalue weighted by Gasteiger charge is -2.24. The molecule has 0 aliphatic heterocycles. The first kappa shape index (κ1) is 18.1. The Bertz CT molecular complexity index is 905. The van der Waals surface area contributed by atoms with E-state index in [2.05, 4.69) is 12.1 Å². The monoisotopic (exact) mass is 373 g/mol. The number of hydrogen-bond donors (Lipinski definition) is 1. The summed E-state index contributed by atoms with van der Waals surface area (Å²) in [6, 6.07) is 24.0. The molecule has 3 aromatic carbocycles. The van der Waals surface area contributed by atoms with Gasteiger partial charge in [-0.15, -0.1) is 0 Å². The fourth-order valence-electron chi connectivity index (χ4n) is 4.38. The maximum absolute atomic E-state index is 12.7. The van der Waals surface area contributed by atoms with Crippen LogP contribution in [0.25, 0.3) is 0 Å². The zero-order chi connectivity index (χ0) is 19.7. The highest BCUT2D eigenvalue weighted by Crippen LogP contribution is 2.52. The third kappa shape index (κ3) is 3.01. The van der Waals surface area contributed by atoms with E-state index in [-0.39, 0.29) is 23.7 Å². The minimum Gasteiger partial charge on any atom is -0.497 e. The van der Waals surface area contributed by atoms with Gasteiger partial charge in [0.1, 0.15) is 11.5 Å². The first-order chi connectivity index (χ1) is 13.6. The fourth-order valence-corrected chi connectivity index (χ4v) is 4.38. The third-order valence-electron chi connectivity index (χ3n) is 5.66. The largest absolute Gasteiger partial charge is 0.497 e. The summed E-state index contributed by atoms with van der Waals surface area (Å²) in [7, 11) is 3.29. The summed E-state index contributed by atoms with van der Waals surface area (Å²) in [6.45, 7) is 0. The van der Waals surface area contributed by atoms with E-state index in [0.717, 1.165) is 33.8 Å². The minimum absolute atomic E-state index is 0.0910. The molecule has 28 heavy (non-hydrogen) atoms. The summed E-state index contributed by atoms with van der Waals surface area (Å²) < 4.78 is 10.6. The van der Waals surface area contributed by atoms with Crippen molar-refractivity contribution in [3.63, 3.8) is 0 Å². The number of carbonyl (C=O) groups excluding carboxylic acids is 1. The summed E-state index contributed by atoms with van der Waals surface area (Å²) in [5.41, 5.74) is 10.4. The van der Waals surface area contributed by atoms with E-state index in [9.17, 15) is 4.79 Å². The number of rotatable bonds is 5. The molecule has 1 aliphatic carbocycles. The van der Waals surface area contributed by atoms with E-state index in [4.69, 9.17) is 15.2 Å². The number of hydrogen-bond acceptors (Lipinski definition) is 3. The number of ether oxygens (including phenoxy) is 2. The normalized spacial score (nSPS) is 18.5. The molecular formula is C24H23NO3. The molecule has 0 radical (unpaired) electrons. The third-order valence-corrected chi connectivity index (χ3v) is 5.66. The van der Waals surface area contributed by atoms with Crippen LogP contribution < -0.4 is 15.2 Å². The van der Waals surface area contributed by atoms with Gasteiger partial charge in [-0.25, -0.2) is 0 Å². The molecule has 0 saturated carbocycles. The number of amides is 1. The molecule has 4 nitrogen and oxygen atoms in total. The van der Waals surface area contributed by atoms with Crippen LogP contribution in [0.3, 0.4) is 0 Å². The van der Waals surface area contributed by atoms with Gasteiger partial charge in [0.15, 0.2) is 0 Å². The molecule has 1 aliphatic rings. The second-order valence-corrected chi connectivity index (χ2v) is 7.06. The maximum atomic E-state index is 12.7. The molecule has 2 atom stereocenters. The highest BCUT2D eigenvalue weighted by molar-refractivity contribution is 5.82. The Morgan fingerprint density at radius 2 is 1.11 bits per heavy atom. The van der Waals surface area contributed by atoms with Crippen molar-refractivity contribution < 1.29 is 14.3 Å². The van der Waals surface area contributed by atoms with E-state index < -0.39 is 0 Å². The molecule has 2 N–H and O–H groups in total. The average molecular weight is 373 g/mol. The molecular weight excluding hydrogens is 350 g/mol. The SMILES string of the molecule is COc1ccc([C@H]2c3ccccc3[C@H](c3ccc(OC)cc3)C2C(N)=O)cc1. The smallest absolute Gasteiger partial charge is 0.222 e. The van der Waals surface area contributed by atoms with Crippen molar-refractivity contribution in [3.05, 3.63) is 95.1 Å². The molecule has 4 rings (SSSR count). The Hall–Kier alpha value is -3.27. The topological polar surface area (TPSA) is 61.6 Å². The second kappa shape index (κ2) is 7.39. The zero-order valence-electron chi connectivity index (χ0n) is 16.0. The van der Waals surface area contributed by atoms with Crippen molar-refractivity contribution in [2.45, 2.75) is 11.8 Å². The summed E-state index contributed by atoms with van der Waals surface area (Å²) in [4.78, 5) is 12.7. The quantitative estimate of drug-likeness (QED) is 0.733. The number of primary amides is 1. The van der Waals surface area contributed by atoms with E-state index in [1.54, 1.807) is 14.2 Å². The predicted molar refractivity (Wildman–Crippen MR) is 109 cm³/mol. The van der Waals surface area contributed by atoms with Gasteiger partial charge >= 0.3 is 0 Å². The zero-order valence-corrected chi connectivity index (χ0v) is 16.0. The van der Waals surface area contributed by atoms with Gasteiger partial charge in [-0.3, -0.25) is 4.79 Å². The van der Waals surface area contributed by atoms with E-state index in [1.165, 1.54) is 0 Å². The molecule has 142 valence electrons. The van der Waals surface area contributed by atoms with E-state index >= 15 is 0 Å². The van der Waals surface area contributed by atoms with Gasteiger partial charge in [0.05, 0.1) is 20.1 Å². The van der Waals surface area contributed by atoms with Crippen LogP contribution in [0.5, 0.6) is 11.5 Å². The van der Waals surface area contributed by atoms with Crippen molar-refractivity contribution >= 4 is 5.91 Å². The van der Waals surface area contributed by atoms with E-state index in [0.29, 0.717) is 0 Å². The lowest BCUT2D eigenvalue weighted by Crippen LogP contribution is -2.30. The van der Waals surface area contributed by atoms with Gasteiger partial charge in [-0.2, -0.15) is 0 Å². The van der Waals surface area contributed by atoms with Crippen LogP contribution in [-0.4, -0.2) is 20.1 Å². The Morgan fingerprint density at radius 1 is 0.714 bits per heavy atom. The second-order valence-electron chi connectivity index (χ2n) is 7.06. The minimum atomic E-state index is -0.362. The Morgan fingerprint density at radius 3 is 1.43 bits per heavy atom. The average Bonchev–Trinajstić information content (AvgIpc) is 3.09. The summed E-state index contributed by atoms with van der Waals surface area (Å²) >= 11 is 0. The Kier molecular flexibility index (Phi) is 4.78. The molecule has 0 saturated heterocycles. The van der Waals surface area contributed by atoms with Gasteiger partial charge in [-0.05, 0) is 46.5 Å².